The van der Waals surface area contributed by atoms with Crippen LogP contribution in [0.25, 0.3) is 0 Å². The number of likely N-dealkylation sites (tertiary alicyclic amines) is 1. The van der Waals surface area contributed by atoms with Crippen LogP contribution in [0.5, 0.6) is 0 Å². The molecule has 2 N–H and O–H groups in total. The maximum absolute atomic E-state index is 12.4. The van der Waals surface area contributed by atoms with Crippen molar-refractivity contribution in [3.05, 3.63) is 28.8 Å². The highest BCUT2D eigenvalue weighted by Gasteiger charge is 2.29. The number of hydrogen-bond acceptors (Lipinski definition) is 3. The van der Waals surface area contributed by atoms with E-state index in [-0.39, 0.29) is 6.03 Å². The Bertz CT molecular complexity index is 682. The number of carboxylic acids is 1. The minimum atomic E-state index is -0.814. The van der Waals surface area contributed by atoms with Crippen molar-refractivity contribution < 1.29 is 14.7 Å². The van der Waals surface area contributed by atoms with E-state index in [9.17, 15) is 9.59 Å². The zero-order valence-corrected chi connectivity index (χ0v) is 15.8. The van der Waals surface area contributed by atoms with Gasteiger partial charge in [0.2, 0.25) is 0 Å². The normalized spacial score (nSPS) is 23.2. The summed E-state index contributed by atoms with van der Waals surface area (Å²) in [4.78, 5) is 27.5. The average Bonchev–Trinajstić information content (AvgIpc) is 3.10. The molecule has 0 saturated carbocycles. The standard InChI is InChI=1S/C19H26ClN3O3/c1-13-4-5-16(20)9-17(13)22-8-6-14(11-22)10-21-19(26)23-7-2-3-15(12-23)18(24)25/h4-5,9,14-15H,2-3,6-8,10-12H2,1H3,(H,21,26)(H,24,25). The lowest BCUT2D eigenvalue weighted by molar-refractivity contribution is -0.143. The van der Waals surface area contributed by atoms with Crippen LogP contribution in [-0.4, -0.2) is 54.7 Å². The minimum absolute atomic E-state index is 0.145. The number of rotatable bonds is 4. The maximum Gasteiger partial charge on any atom is 0.317 e. The molecule has 0 aliphatic carbocycles. The Labute approximate surface area is 159 Å². The van der Waals surface area contributed by atoms with Crippen LogP contribution in [0.15, 0.2) is 18.2 Å². The fraction of sp³-hybridized carbons (Fsp3) is 0.579. The predicted octanol–water partition coefficient (Wildman–Crippen LogP) is 2.98. The number of aryl methyl sites for hydroxylation is 1. The second kappa shape index (κ2) is 8.16. The van der Waals surface area contributed by atoms with Gasteiger partial charge < -0.3 is 20.2 Å². The third-order valence-electron chi connectivity index (χ3n) is 5.40. The molecule has 0 bridgehead atoms. The molecule has 3 rings (SSSR count). The van der Waals surface area contributed by atoms with Gasteiger partial charge in [0.05, 0.1) is 5.92 Å². The molecule has 1 aromatic carbocycles. The zero-order valence-electron chi connectivity index (χ0n) is 15.1. The molecule has 2 aliphatic heterocycles. The molecule has 2 atom stereocenters. The molecule has 2 amide bonds. The van der Waals surface area contributed by atoms with E-state index in [0.29, 0.717) is 32.0 Å². The zero-order chi connectivity index (χ0) is 18.7. The van der Waals surface area contributed by atoms with Crippen molar-refractivity contribution in [2.75, 3.05) is 37.6 Å². The molecule has 6 nitrogen and oxygen atoms in total. The summed E-state index contributed by atoms with van der Waals surface area (Å²) in [5.41, 5.74) is 2.36. The summed E-state index contributed by atoms with van der Waals surface area (Å²) in [7, 11) is 0. The summed E-state index contributed by atoms with van der Waals surface area (Å²) >= 11 is 6.12. The Morgan fingerprint density at radius 2 is 2.08 bits per heavy atom. The first-order chi connectivity index (χ1) is 12.4. The number of hydrogen-bond donors (Lipinski definition) is 2. The highest BCUT2D eigenvalue weighted by atomic mass is 35.5. The fourth-order valence-electron chi connectivity index (χ4n) is 3.85. The van der Waals surface area contributed by atoms with Crippen LogP contribution < -0.4 is 10.2 Å². The van der Waals surface area contributed by atoms with Crippen molar-refractivity contribution in [3.63, 3.8) is 0 Å². The van der Waals surface area contributed by atoms with Crippen LogP contribution in [0.4, 0.5) is 10.5 Å². The van der Waals surface area contributed by atoms with E-state index in [4.69, 9.17) is 16.7 Å². The minimum Gasteiger partial charge on any atom is -0.481 e. The van der Waals surface area contributed by atoms with Crippen LogP contribution in [-0.2, 0) is 4.79 Å². The lowest BCUT2D eigenvalue weighted by atomic mass is 9.99. The number of nitrogens with zero attached hydrogens (tertiary/aromatic N) is 2. The van der Waals surface area contributed by atoms with Crippen LogP contribution in [0.3, 0.4) is 0 Å². The Morgan fingerprint density at radius 1 is 1.27 bits per heavy atom. The van der Waals surface area contributed by atoms with E-state index in [0.717, 1.165) is 36.6 Å². The van der Waals surface area contributed by atoms with Crippen LogP contribution in [0.1, 0.15) is 24.8 Å². The number of piperidine rings is 1. The topological polar surface area (TPSA) is 72.9 Å². The van der Waals surface area contributed by atoms with Gasteiger partial charge in [-0.15, -0.1) is 0 Å². The highest BCUT2D eigenvalue weighted by molar-refractivity contribution is 6.30. The lowest BCUT2D eigenvalue weighted by Crippen LogP contribution is -2.48. The molecule has 2 fully saturated rings. The van der Waals surface area contributed by atoms with E-state index in [1.807, 2.05) is 18.2 Å². The molecular weight excluding hydrogens is 354 g/mol. The predicted molar refractivity (Wildman–Crippen MR) is 102 cm³/mol. The highest BCUT2D eigenvalue weighted by Crippen LogP contribution is 2.29. The van der Waals surface area contributed by atoms with Crippen molar-refractivity contribution >= 4 is 29.3 Å². The molecule has 142 valence electrons. The molecule has 26 heavy (non-hydrogen) atoms. The average molecular weight is 380 g/mol. The van der Waals surface area contributed by atoms with Crippen LogP contribution in [0, 0.1) is 18.8 Å². The van der Waals surface area contributed by atoms with Gasteiger partial charge in [0.15, 0.2) is 0 Å². The van der Waals surface area contributed by atoms with Gasteiger partial charge in [-0.05, 0) is 49.8 Å². The van der Waals surface area contributed by atoms with Gasteiger partial charge in [-0.3, -0.25) is 4.79 Å². The summed E-state index contributed by atoms with van der Waals surface area (Å²) in [5, 5.41) is 12.9. The summed E-state index contributed by atoms with van der Waals surface area (Å²) in [6.45, 7) is 5.47. The molecule has 2 saturated heterocycles. The van der Waals surface area contributed by atoms with Crippen molar-refractivity contribution in [2.24, 2.45) is 11.8 Å². The van der Waals surface area contributed by atoms with Crippen molar-refractivity contribution in [3.8, 4) is 0 Å². The first-order valence-corrected chi connectivity index (χ1v) is 9.58. The van der Waals surface area contributed by atoms with Crippen molar-refractivity contribution in [2.45, 2.75) is 26.2 Å². The van der Waals surface area contributed by atoms with E-state index < -0.39 is 11.9 Å². The molecule has 7 heteroatoms. The molecule has 0 radical (unpaired) electrons. The second-order valence-corrected chi connectivity index (χ2v) is 7.78. The quantitative estimate of drug-likeness (QED) is 0.843. The number of anilines is 1. The number of amides is 2. The van der Waals surface area contributed by atoms with Gasteiger partial charge in [0.1, 0.15) is 0 Å². The molecule has 2 aliphatic rings. The first kappa shape index (κ1) is 18.8. The molecule has 2 heterocycles. The Hall–Kier alpha value is -1.95. The number of carboxylic acid groups (broad SMARTS) is 1. The van der Waals surface area contributed by atoms with Gasteiger partial charge in [-0.25, -0.2) is 4.79 Å². The Balaban J connectivity index is 1.49. The second-order valence-electron chi connectivity index (χ2n) is 7.34. The number of carbonyl (C=O) groups excluding carboxylic acids is 1. The van der Waals surface area contributed by atoms with Gasteiger partial charge in [-0.2, -0.15) is 0 Å². The lowest BCUT2D eigenvalue weighted by Gasteiger charge is -2.31. The van der Waals surface area contributed by atoms with Gasteiger partial charge in [0.25, 0.3) is 0 Å². The summed E-state index contributed by atoms with van der Waals surface area (Å²) in [5.74, 6) is -0.870. The molecule has 1 aromatic rings. The smallest absolute Gasteiger partial charge is 0.317 e. The monoisotopic (exact) mass is 379 g/mol. The summed E-state index contributed by atoms with van der Waals surface area (Å²) < 4.78 is 0. The Morgan fingerprint density at radius 3 is 2.85 bits per heavy atom. The van der Waals surface area contributed by atoms with Crippen molar-refractivity contribution in [1.29, 1.82) is 0 Å². The van der Waals surface area contributed by atoms with Crippen LogP contribution >= 0.6 is 11.6 Å². The number of benzene rings is 1. The summed E-state index contributed by atoms with van der Waals surface area (Å²) in [6.07, 6.45) is 2.41. The molecule has 2 unspecified atom stereocenters. The first-order valence-electron chi connectivity index (χ1n) is 9.20. The van der Waals surface area contributed by atoms with Crippen molar-refractivity contribution in [1.82, 2.24) is 10.2 Å². The van der Waals surface area contributed by atoms with E-state index in [2.05, 4.69) is 17.1 Å². The molecule has 0 aromatic heterocycles. The van der Waals surface area contributed by atoms with E-state index in [1.54, 1.807) is 4.90 Å². The number of halogens is 1. The molecular formula is C19H26ClN3O3. The van der Waals surface area contributed by atoms with Crippen LogP contribution in [0.2, 0.25) is 5.02 Å². The largest absolute Gasteiger partial charge is 0.481 e. The third kappa shape index (κ3) is 4.41. The number of aliphatic carboxylic acids is 1. The summed E-state index contributed by atoms with van der Waals surface area (Å²) in [6, 6.07) is 5.78. The van der Waals surface area contributed by atoms with E-state index >= 15 is 0 Å². The van der Waals surface area contributed by atoms with E-state index in [1.165, 1.54) is 5.56 Å². The maximum atomic E-state index is 12.4. The van der Waals surface area contributed by atoms with Gasteiger partial charge >= 0.3 is 12.0 Å². The number of nitrogens with one attached hydrogen (secondary N) is 1. The Kier molecular flexibility index (Phi) is 5.91. The third-order valence-corrected chi connectivity index (χ3v) is 5.63. The SMILES string of the molecule is Cc1ccc(Cl)cc1N1CCC(CNC(=O)N2CCCC(C(=O)O)C2)C1. The van der Waals surface area contributed by atoms with Gasteiger partial charge in [0, 0.05) is 43.4 Å². The van der Waals surface area contributed by atoms with Gasteiger partial charge in [-0.1, -0.05) is 17.7 Å². The number of carbonyl (C=O) groups is 2. The number of urea groups is 1. The molecule has 0 spiro atoms. The fourth-order valence-corrected chi connectivity index (χ4v) is 4.01.